The summed E-state index contributed by atoms with van der Waals surface area (Å²) in [6, 6.07) is 2.33. The molecule has 1 amide bonds. The van der Waals surface area contributed by atoms with Gasteiger partial charge in [0, 0.05) is 34.7 Å². The Balaban J connectivity index is 1.68. The fourth-order valence-electron chi connectivity index (χ4n) is 2.67. The number of amides is 1. The topological polar surface area (TPSA) is 49.3 Å². The zero-order valence-electron chi connectivity index (χ0n) is 12.2. The SMILES string of the molecule is Cc1cc(CCCC(=O)N[C@@H]2C=C[C@H](CO)C2)c(C)s1. The summed E-state index contributed by atoms with van der Waals surface area (Å²) in [6.07, 6.45) is 7.24. The average molecular weight is 293 g/mol. The Morgan fingerprint density at radius 3 is 2.85 bits per heavy atom. The van der Waals surface area contributed by atoms with Crippen LogP contribution in [0.4, 0.5) is 0 Å². The van der Waals surface area contributed by atoms with E-state index in [-0.39, 0.29) is 24.5 Å². The number of nitrogens with one attached hydrogen (secondary N) is 1. The number of hydrogen-bond acceptors (Lipinski definition) is 3. The van der Waals surface area contributed by atoms with E-state index in [9.17, 15) is 4.79 Å². The Morgan fingerprint density at radius 2 is 2.25 bits per heavy atom. The molecule has 1 aromatic rings. The molecule has 0 fully saturated rings. The highest BCUT2D eigenvalue weighted by atomic mass is 32.1. The Hall–Kier alpha value is -1.13. The highest BCUT2D eigenvalue weighted by Gasteiger charge is 2.19. The van der Waals surface area contributed by atoms with Gasteiger partial charge in [-0.05, 0) is 44.7 Å². The van der Waals surface area contributed by atoms with E-state index in [4.69, 9.17) is 5.11 Å². The van der Waals surface area contributed by atoms with Crippen LogP contribution in [0.5, 0.6) is 0 Å². The third-order valence-corrected chi connectivity index (χ3v) is 4.76. The molecule has 1 aliphatic carbocycles. The minimum Gasteiger partial charge on any atom is -0.396 e. The number of rotatable bonds is 6. The van der Waals surface area contributed by atoms with Gasteiger partial charge in [0.25, 0.3) is 0 Å². The molecule has 0 saturated heterocycles. The summed E-state index contributed by atoms with van der Waals surface area (Å²) >= 11 is 1.82. The number of hydrogen-bond donors (Lipinski definition) is 2. The quantitative estimate of drug-likeness (QED) is 0.792. The van der Waals surface area contributed by atoms with E-state index in [2.05, 4.69) is 25.2 Å². The Labute approximate surface area is 124 Å². The van der Waals surface area contributed by atoms with Gasteiger partial charge in [0.1, 0.15) is 0 Å². The van der Waals surface area contributed by atoms with Gasteiger partial charge in [-0.15, -0.1) is 11.3 Å². The van der Waals surface area contributed by atoms with Gasteiger partial charge in [0.15, 0.2) is 0 Å². The molecule has 0 spiro atoms. The highest BCUT2D eigenvalue weighted by molar-refractivity contribution is 7.12. The van der Waals surface area contributed by atoms with Gasteiger partial charge in [-0.3, -0.25) is 4.79 Å². The molecule has 0 aromatic carbocycles. The van der Waals surface area contributed by atoms with Crippen molar-refractivity contribution in [2.24, 2.45) is 5.92 Å². The van der Waals surface area contributed by atoms with Crippen molar-refractivity contribution in [3.05, 3.63) is 33.5 Å². The molecule has 3 nitrogen and oxygen atoms in total. The van der Waals surface area contributed by atoms with Crippen LogP contribution in [0.15, 0.2) is 18.2 Å². The van der Waals surface area contributed by atoms with E-state index in [1.165, 1.54) is 15.3 Å². The number of carbonyl (C=O) groups is 1. The van der Waals surface area contributed by atoms with Crippen molar-refractivity contribution < 1.29 is 9.90 Å². The second-order valence-corrected chi connectivity index (χ2v) is 6.99. The Bertz CT molecular complexity index is 493. The van der Waals surface area contributed by atoms with Crippen LogP contribution in [0.1, 0.15) is 34.6 Å². The number of aliphatic hydroxyl groups excluding tert-OH is 1. The third-order valence-electron chi connectivity index (χ3n) is 3.75. The van der Waals surface area contributed by atoms with Crippen LogP contribution in [0, 0.1) is 19.8 Å². The van der Waals surface area contributed by atoms with Crippen molar-refractivity contribution in [2.75, 3.05) is 6.61 Å². The van der Waals surface area contributed by atoms with Gasteiger partial charge in [-0.1, -0.05) is 12.2 Å². The summed E-state index contributed by atoms with van der Waals surface area (Å²) < 4.78 is 0. The highest BCUT2D eigenvalue weighted by Crippen LogP contribution is 2.22. The predicted molar refractivity (Wildman–Crippen MR) is 83.0 cm³/mol. The molecular weight excluding hydrogens is 270 g/mol. The maximum Gasteiger partial charge on any atom is 0.220 e. The molecule has 0 unspecified atom stereocenters. The number of aryl methyl sites for hydroxylation is 3. The fraction of sp³-hybridized carbons (Fsp3) is 0.562. The van der Waals surface area contributed by atoms with Crippen molar-refractivity contribution in [1.29, 1.82) is 0 Å². The van der Waals surface area contributed by atoms with E-state index in [1.807, 2.05) is 23.5 Å². The molecule has 2 atom stereocenters. The lowest BCUT2D eigenvalue weighted by atomic mass is 10.1. The molecule has 2 rings (SSSR count). The number of thiophene rings is 1. The van der Waals surface area contributed by atoms with Crippen LogP contribution in [0.3, 0.4) is 0 Å². The lowest BCUT2D eigenvalue weighted by molar-refractivity contribution is -0.121. The molecule has 0 radical (unpaired) electrons. The molecule has 20 heavy (non-hydrogen) atoms. The van der Waals surface area contributed by atoms with Crippen LogP contribution in [0.2, 0.25) is 0 Å². The first-order valence-corrected chi connectivity index (χ1v) is 8.04. The zero-order chi connectivity index (χ0) is 14.5. The second kappa shape index (κ2) is 7.04. The molecular formula is C16H23NO2S. The molecule has 0 saturated carbocycles. The monoisotopic (exact) mass is 293 g/mol. The lowest BCUT2D eigenvalue weighted by Gasteiger charge is -2.12. The van der Waals surface area contributed by atoms with Crippen LogP contribution in [0.25, 0.3) is 0 Å². The molecule has 0 aliphatic heterocycles. The largest absolute Gasteiger partial charge is 0.396 e. The Morgan fingerprint density at radius 1 is 1.45 bits per heavy atom. The van der Waals surface area contributed by atoms with E-state index < -0.39 is 0 Å². The maximum absolute atomic E-state index is 11.9. The van der Waals surface area contributed by atoms with Crippen molar-refractivity contribution >= 4 is 17.2 Å². The summed E-state index contributed by atoms with van der Waals surface area (Å²) in [7, 11) is 0. The molecule has 1 aromatic heterocycles. The summed E-state index contributed by atoms with van der Waals surface area (Å²) in [6.45, 7) is 4.43. The first-order chi connectivity index (χ1) is 9.58. The molecule has 4 heteroatoms. The molecule has 2 N–H and O–H groups in total. The van der Waals surface area contributed by atoms with Gasteiger partial charge in [-0.25, -0.2) is 0 Å². The zero-order valence-corrected chi connectivity index (χ0v) is 13.0. The first kappa shape index (κ1) is 15.3. The lowest BCUT2D eigenvalue weighted by Crippen LogP contribution is -2.32. The van der Waals surface area contributed by atoms with Gasteiger partial charge in [0.2, 0.25) is 5.91 Å². The van der Waals surface area contributed by atoms with Crippen LogP contribution < -0.4 is 5.32 Å². The smallest absolute Gasteiger partial charge is 0.220 e. The van der Waals surface area contributed by atoms with Crippen LogP contribution >= 0.6 is 11.3 Å². The third kappa shape index (κ3) is 4.18. The minimum absolute atomic E-state index is 0.102. The summed E-state index contributed by atoms with van der Waals surface area (Å²) in [4.78, 5) is 14.6. The fourth-order valence-corrected chi connectivity index (χ4v) is 3.64. The molecule has 1 aliphatic rings. The molecule has 1 heterocycles. The van der Waals surface area contributed by atoms with Crippen molar-refractivity contribution in [2.45, 2.75) is 45.6 Å². The Kier molecular flexibility index (Phi) is 5.38. The number of carbonyl (C=O) groups excluding carboxylic acids is 1. The van der Waals surface area contributed by atoms with Crippen molar-refractivity contribution in [1.82, 2.24) is 5.32 Å². The van der Waals surface area contributed by atoms with E-state index in [0.717, 1.165) is 19.3 Å². The van der Waals surface area contributed by atoms with Gasteiger partial charge in [0.05, 0.1) is 0 Å². The summed E-state index contributed by atoms with van der Waals surface area (Å²) in [5.41, 5.74) is 1.38. The van der Waals surface area contributed by atoms with Gasteiger partial charge < -0.3 is 10.4 Å². The van der Waals surface area contributed by atoms with E-state index in [0.29, 0.717) is 6.42 Å². The van der Waals surface area contributed by atoms with Crippen molar-refractivity contribution in [3.63, 3.8) is 0 Å². The maximum atomic E-state index is 11.9. The second-order valence-electron chi connectivity index (χ2n) is 5.53. The predicted octanol–water partition coefficient (Wildman–Crippen LogP) is 2.74. The van der Waals surface area contributed by atoms with Gasteiger partial charge in [-0.2, -0.15) is 0 Å². The summed E-state index contributed by atoms with van der Waals surface area (Å²) in [5.74, 6) is 0.319. The molecule has 110 valence electrons. The standard InChI is InChI=1S/C16H23NO2S/c1-11-8-14(12(2)20-11)4-3-5-16(19)17-15-7-6-13(9-15)10-18/h6-8,13,15,18H,3-5,9-10H2,1-2H3,(H,17,19)/t13-,15+/m0/s1. The average Bonchev–Trinajstić information content (AvgIpc) is 2.96. The van der Waals surface area contributed by atoms with Gasteiger partial charge >= 0.3 is 0 Å². The first-order valence-electron chi connectivity index (χ1n) is 7.23. The van der Waals surface area contributed by atoms with E-state index in [1.54, 1.807) is 0 Å². The van der Waals surface area contributed by atoms with E-state index >= 15 is 0 Å². The number of aliphatic hydroxyl groups is 1. The summed E-state index contributed by atoms with van der Waals surface area (Å²) in [5, 5.41) is 12.1. The van der Waals surface area contributed by atoms with Crippen LogP contribution in [-0.4, -0.2) is 23.7 Å². The molecule has 0 bridgehead atoms. The van der Waals surface area contributed by atoms with Crippen molar-refractivity contribution in [3.8, 4) is 0 Å². The normalized spacial score (nSPS) is 21.4. The van der Waals surface area contributed by atoms with Crippen LogP contribution in [-0.2, 0) is 11.2 Å². The minimum atomic E-state index is 0.102.